The number of carboxylic acid groups (broad SMARTS) is 1. The molecule has 2 aromatic rings. The van der Waals surface area contributed by atoms with Gasteiger partial charge in [0.05, 0.1) is 10.7 Å². The second kappa shape index (κ2) is 5.40. The monoisotopic (exact) mass is 277 g/mol. The van der Waals surface area contributed by atoms with E-state index in [4.69, 9.17) is 22.4 Å². The van der Waals surface area contributed by atoms with Gasteiger partial charge < -0.3 is 10.8 Å². The Morgan fingerprint density at radius 3 is 2.79 bits per heavy atom. The summed E-state index contributed by atoms with van der Waals surface area (Å²) in [5, 5.41) is 8.99. The van der Waals surface area contributed by atoms with Crippen molar-refractivity contribution in [1.82, 2.24) is 15.0 Å². The molecule has 2 aromatic heterocycles. The maximum Gasteiger partial charge on any atom is 0.433 e. The van der Waals surface area contributed by atoms with E-state index in [1.54, 1.807) is 12.3 Å². The lowest BCUT2D eigenvalue weighted by molar-refractivity contribution is 0.205. The molecule has 1 amide bonds. The van der Waals surface area contributed by atoms with Crippen LogP contribution in [-0.2, 0) is 0 Å². The number of pyridine rings is 1. The van der Waals surface area contributed by atoms with E-state index in [2.05, 4.69) is 19.9 Å². The third-order valence-corrected chi connectivity index (χ3v) is 2.35. The molecule has 0 atom stereocenters. The predicted molar refractivity (Wildman–Crippen MR) is 69.0 cm³/mol. The van der Waals surface area contributed by atoms with E-state index in [9.17, 15) is 4.79 Å². The fraction of sp³-hybridized carbons (Fsp3) is 0. The van der Waals surface area contributed by atoms with Gasteiger partial charge in [0, 0.05) is 18.0 Å². The summed E-state index contributed by atoms with van der Waals surface area (Å²) in [6, 6.07) is 3.18. The molecule has 0 spiro atoms. The minimum absolute atomic E-state index is 0.203. The van der Waals surface area contributed by atoms with E-state index in [0.29, 0.717) is 16.3 Å². The van der Waals surface area contributed by atoms with Crippen molar-refractivity contribution in [3.05, 3.63) is 41.6 Å². The van der Waals surface area contributed by atoms with Crippen LogP contribution in [0.4, 0.5) is 4.79 Å². The Labute approximate surface area is 112 Å². The topological polar surface area (TPSA) is 114 Å². The minimum atomic E-state index is -1.39. The van der Waals surface area contributed by atoms with Gasteiger partial charge in [-0.05, 0) is 12.1 Å². The summed E-state index contributed by atoms with van der Waals surface area (Å²) in [5.41, 5.74) is 6.91. The normalized spacial score (nSPS) is 11.3. The van der Waals surface area contributed by atoms with Crippen LogP contribution in [-0.4, -0.2) is 32.0 Å². The molecule has 0 bridgehead atoms. The number of amidine groups is 1. The fourth-order valence-corrected chi connectivity index (χ4v) is 1.54. The number of nitrogens with zero attached hydrogens (tertiary/aromatic N) is 4. The van der Waals surface area contributed by atoms with Gasteiger partial charge in [-0.1, -0.05) is 11.6 Å². The highest BCUT2D eigenvalue weighted by molar-refractivity contribution is 6.30. The van der Waals surface area contributed by atoms with Crippen molar-refractivity contribution in [2.45, 2.75) is 0 Å². The molecule has 0 aliphatic rings. The van der Waals surface area contributed by atoms with Crippen LogP contribution in [0.25, 0.3) is 11.3 Å². The molecule has 96 valence electrons. The third kappa shape index (κ3) is 3.23. The summed E-state index contributed by atoms with van der Waals surface area (Å²) < 4.78 is 0. The highest BCUT2D eigenvalue weighted by Crippen LogP contribution is 2.19. The quantitative estimate of drug-likeness (QED) is 0.636. The van der Waals surface area contributed by atoms with Gasteiger partial charge in [-0.2, -0.15) is 4.99 Å². The first-order valence-electron chi connectivity index (χ1n) is 5.06. The van der Waals surface area contributed by atoms with Gasteiger partial charge >= 0.3 is 6.09 Å². The number of halogens is 1. The molecule has 0 saturated carbocycles. The van der Waals surface area contributed by atoms with E-state index in [1.807, 2.05) is 0 Å². The maximum absolute atomic E-state index is 10.4. The molecule has 2 rings (SSSR count). The average Bonchev–Trinajstić information content (AvgIpc) is 2.38. The molecule has 0 radical (unpaired) electrons. The van der Waals surface area contributed by atoms with Gasteiger partial charge in [-0.3, -0.25) is 4.98 Å². The second-order valence-corrected chi connectivity index (χ2v) is 3.90. The van der Waals surface area contributed by atoms with E-state index in [-0.39, 0.29) is 11.5 Å². The number of hydrogen-bond donors (Lipinski definition) is 2. The molecular formula is C11H8ClN5O2. The van der Waals surface area contributed by atoms with E-state index >= 15 is 0 Å². The maximum atomic E-state index is 10.4. The van der Waals surface area contributed by atoms with Gasteiger partial charge in [0.1, 0.15) is 12.0 Å². The van der Waals surface area contributed by atoms with Crippen LogP contribution in [0.5, 0.6) is 0 Å². The zero-order valence-corrected chi connectivity index (χ0v) is 10.2. The number of amides is 1. The van der Waals surface area contributed by atoms with Crippen molar-refractivity contribution in [2.75, 3.05) is 0 Å². The number of aliphatic imine (C=N–C) groups is 1. The number of aromatic nitrogens is 3. The van der Waals surface area contributed by atoms with Gasteiger partial charge in [-0.25, -0.2) is 14.8 Å². The van der Waals surface area contributed by atoms with Crippen molar-refractivity contribution < 1.29 is 9.90 Å². The van der Waals surface area contributed by atoms with Crippen LogP contribution in [0, 0.1) is 0 Å². The molecule has 8 heteroatoms. The Balaban J connectivity index is 2.42. The summed E-state index contributed by atoms with van der Waals surface area (Å²) in [7, 11) is 0. The van der Waals surface area contributed by atoms with Crippen molar-refractivity contribution in [3.63, 3.8) is 0 Å². The zero-order valence-electron chi connectivity index (χ0n) is 9.49. The van der Waals surface area contributed by atoms with Crippen molar-refractivity contribution >= 4 is 23.5 Å². The van der Waals surface area contributed by atoms with Crippen molar-refractivity contribution in [3.8, 4) is 11.3 Å². The van der Waals surface area contributed by atoms with Crippen LogP contribution >= 0.6 is 11.6 Å². The van der Waals surface area contributed by atoms with Gasteiger partial charge in [0.25, 0.3) is 0 Å². The number of nitrogens with two attached hydrogens (primary N) is 1. The second-order valence-electron chi connectivity index (χ2n) is 3.46. The largest absolute Gasteiger partial charge is 0.463 e. The first kappa shape index (κ1) is 12.9. The molecule has 3 N–H and O–H groups in total. The van der Waals surface area contributed by atoms with Crippen molar-refractivity contribution in [1.29, 1.82) is 0 Å². The van der Waals surface area contributed by atoms with Crippen LogP contribution in [0.15, 0.2) is 35.8 Å². The lowest BCUT2D eigenvalue weighted by Gasteiger charge is -2.03. The van der Waals surface area contributed by atoms with E-state index < -0.39 is 6.09 Å². The van der Waals surface area contributed by atoms with Gasteiger partial charge in [0.15, 0.2) is 5.84 Å². The Hall–Kier alpha value is -2.54. The molecule has 19 heavy (non-hydrogen) atoms. The first-order valence-corrected chi connectivity index (χ1v) is 5.44. The SMILES string of the molecule is NC(=NC(=O)O)c1cc(-c2cncc(Cl)c2)ncn1. The Morgan fingerprint density at radius 2 is 2.11 bits per heavy atom. The van der Waals surface area contributed by atoms with E-state index in [0.717, 1.165) is 0 Å². The Bertz CT molecular complexity index is 659. The molecule has 7 nitrogen and oxygen atoms in total. The van der Waals surface area contributed by atoms with Gasteiger partial charge in [-0.15, -0.1) is 0 Å². The van der Waals surface area contributed by atoms with Crippen LogP contribution < -0.4 is 5.73 Å². The molecule has 0 aliphatic heterocycles. The Morgan fingerprint density at radius 1 is 1.32 bits per heavy atom. The molecular weight excluding hydrogens is 270 g/mol. The molecule has 2 heterocycles. The van der Waals surface area contributed by atoms with Gasteiger partial charge in [0.2, 0.25) is 0 Å². The summed E-state index contributed by atoms with van der Waals surface area (Å²) in [4.78, 5) is 25.5. The summed E-state index contributed by atoms with van der Waals surface area (Å²) in [5.74, 6) is -0.203. The molecule has 0 unspecified atom stereocenters. The predicted octanol–water partition coefficient (Wildman–Crippen LogP) is 1.58. The molecule has 0 aromatic carbocycles. The summed E-state index contributed by atoms with van der Waals surface area (Å²) in [6.45, 7) is 0. The average molecular weight is 278 g/mol. The smallest absolute Gasteiger partial charge is 0.433 e. The zero-order chi connectivity index (χ0) is 13.8. The van der Waals surface area contributed by atoms with Crippen LogP contribution in [0.1, 0.15) is 5.69 Å². The highest BCUT2D eigenvalue weighted by Gasteiger charge is 2.07. The first-order chi connectivity index (χ1) is 9.06. The number of carbonyl (C=O) groups is 1. The van der Waals surface area contributed by atoms with Crippen molar-refractivity contribution in [2.24, 2.45) is 10.7 Å². The molecule has 0 aliphatic carbocycles. The van der Waals surface area contributed by atoms with Crippen LogP contribution in [0.3, 0.4) is 0 Å². The standard InChI is InChI=1S/C11H8ClN5O2/c12-7-1-6(3-14-4-7)8-2-9(16-5-15-8)10(13)17-11(18)19/h1-5H,(H2,13,17)(H,18,19). The molecule has 0 fully saturated rings. The summed E-state index contributed by atoms with van der Waals surface area (Å²) in [6.07, 6.45) is 2.94. The highest BCUT2D eigenvalue weighted by atomic mass is 35.5. The number of hydrogen-bond acceptors (Lipinski definition) is 4. The van der Waals surface area contributed by atoms with Crippen LogP contribution in [0.2, 0.25) is 5.02 Å². The third-order valence-electron chi connectivity index (χ3n) is 2.15. The fourth-order valence-electron chi connectivity index (χ4n) is 1.37. The van der Waals surface area contributed by atoms with E-state index in [1.165, 1.54) is 18.6 Å². The molecule has 0 saturated heterocycles. The lowest BCUT2D eigenvalue weighted by Crippen LogP contribution is -2.17. The summed E-state index contributed by atoms with van der Waals surface area (Å²) >= 11 is 5.83. The Kier molecular flexibility index (Phi) is 3.67. The minimum Gasteiger partial charge on any atom is -0.463 e. The number of rotatable bonds is 2. The lowest BCUT2D eigenvalue weighted by atomic mass is 10.2.